The summed E-state index contributed by atoms with van der Waals surface area (Å²) in [5.41, 5.74) is 1.15. The van der Waals surface area contributed by atoms with Crippen LogP contribution in [0.15, 0.2) is 52.5 Å². The summed E-state index contributed by atoms with van der Waals surface area (Å²) in [6.45, 7) is 2.45. The number of phenolic OH excluding ortho intramolecular Hbond substituents is 1. The first-order valence-corrected chi connectivity index (χ1v) is 7.97. The first-order chi connectivity index (χ1) is 11.5. The summed E-state index contributed by atoms with van der Waals surface area (Å²) < 4.78 is 5.82. The Kier molecular flexibility index (Phi) is 5.99. The predicted molar refractivity (Wildman–Crippen MR) is 95.6 cm³/mol. The van der Waals surface area contributed by atoms with Gasteiger partial charge in [-0.15, -0.1) is 0 Å². The molecule has 0 saturated carbocycles. The van der Waals surface area contributed by atoms with E-state index in [-0.39, 0.29) is 11.3 Å². The number of hydrogen-bond acceptors (Lipinski definition) is 4. The Hall–Kier alpha value is -2.78. The number of nitrogens with zero attached hydrogens (tertiary/aromatic N) is 1. The van der Waals surface area contributed by atoms with Gasteiger partial charge in [0.05, 0.1) is 11.1 Å². The van der Waals surface area contributed by atoms with Crippen LogP contribution in [0, 0.1) is 11.3 Å². The van der Waals surface area contributed by atoms with Gasteiger partial charge >= 0.3 is 0 Å². The maximum absolute atomic E-state index is 12.2. The van der Waals surface area contributed by atoms with Crippen LogP contribution in [0.1, 0.15) is 12.5 Å². The number of halogens is 1. The summed E-state index contributed by atoms with van der Waals surface area (Å²) in [5.74, 6) is 0.288. The van der Waals surface area contributed by atoms with Gasteiger partial charge in [0.2, 0.25) is 0 Å². The number of amides is 1. The Morgan fingerprint density at radius 3 is 2.62 bits per heavy atom. The first kappa shape index (κ1) is 17.6. The van der Waals surface area contributed by atoms with Crippen LogP contribution in [0.3, 0.4) is 0 Å². The molecule has 1 amide bonds. The lowest BCUT2D eigenvalue weighted by Gasteiger charge is -2.07. The molecule has 0 aliphatic heterocycles. The van der Waals surface area contributed by atoms with Crippen molar-refractivity contribution in [3.63, 3.8) is 0 Å². The lowest BCUT2D eigenvalue weighted by molar-refractivity contribution is -0.112. The molecule has 0 atom stereocenters. The van der Waals surface area contributed by atoms with Gasteiger partial charge in [-0.1, -0.05) is 6.07 Å². The molecular weight excluding hydrogens is 372 g/mol. The second-order valence-corrected chi connectivity index (χ2v) is 5.65. The van der Waals surface area contributed by atoms with E-state index in [9.17, 15) is 15.2 Å². The molecule has 0 bridgehead atoms. The molecule has 2 aromatic rings. The average molecular weight is 387 g/mol. The summed E-state index contributed by atoms with van der Waals surface area (Å²) in [6.07, 6.45) is 1.45. The predicted octanol–water partition coefficient (Wildman–Crippen LogP) is 4.10. The molecule has 2 aromatic carbocycles. The second-order valence-electron chi connectivity index (χ2n) is 4.79. The van der Waals surface area contributed by atoms with E-state index in [1.807, 2.05) is 13.0 Å². The van der Waals surface area contributed by atoms with Gasteiger partial charge in [-0.2, -0.15) is 5.26 Å². The zero-order valence-corrected chi connectivity index (χ0v) is 14.5. The molecule has 0 aliphatic carbocycles. The van der Waals surface area contributed by atoms with Crippen LogP contribution in [0.4, 0.5) is 5.69 Å². The van der Waals surface area contributed by atoms with Crippen LogP contribution in [-0.2, 0) is 4.79 Å². The number of anilines is 1. The van der Waals surface area contributed by atoms with Crippen molar-refractivity contribution in [2.24, 2.45) is 0 Å². The van der Waals surface area contributed by atoms with Gasteiger partial charge in [0.1, 0.15) is 23.1 Å². The van der Waals surface area contributed by atoms with Crippen LogP contribution in [0.2, 0.25) is 0 Å². The minimum atomic E-state index is -0.508. The van der Waals surface area contributed by atoms with E-state index >= 15 is 0 Å². The zero-order chi connectivity index (χ0) is 17.5. The van der Waals surface area contributed by atoms with Gasteiger partial charge in [-0.25, -0.2) is 0 Å². The van der Waals surface area contributed by atoms with Gasteiger partial charge in [-0.3, -0.25) is 4.79 Å². The molecule has 6 heteroatoms. The Morgan fingerprint density at radius 1 is 1.33 bits per heavy atom. The third-order valence-electron chi connectivity index (χ3n) is 3.07. The van der Waals surface area contributed by atoms with Gasteiger partial charge in [-0.05, 0) is 70.9 Å². The third kappa shape index (κ3) is 4.61. The van der Waals surface area contributed by atoms with Crippen molar-refractivity contribution in [1.29, 1.82) is 5.26 Å². The fourth-order valence-corrected chi connectivity index (χ4v) is 2.32. The van der Waals surface area contributed by atoms with E-state index in [1.54, 1.807) is 36.4 Å². The summed E-state index contributed by atoms with van der Waals surface area (Å²) in [6, 6.07) is 13.5. The number of carbonyl (C=O) groups excluding carboxylic acids is 1. The maximum Gasteiger partial charge on any atom is 0.266 e. The van der Waals surface area contributed by atoms with E-state index in [4.69, 9.17) is 4.74 Å². The molecule has 0 radical (unpaired) electrons. The lowest BCUT2D eigenvalue weighted by Crippen LogP contribution is -2.13. The molecular formula is C18H15BrN2O3. The van der Waals surface area contributed by atoms with E-state index in [0.717, 1.165) is 0 Å². The number of nitriles is 1. The summed E-state index contributed by atoms with van der Waals surface area (Å²) >= 11 is 3.19. The van der Waals surface area contributed by atoms with E-state index in [1.165, 1.54) is 12.1 Å². The van der Waals surface area contributed by atoms with Crippen molar-refractivity contribution in [2.45, 2.75) is 6.92 Å². The Morgan fingerprint density at radius 2 is 2.04 bits per heavy atom. The molecule has 24 heavy (non-hydrogen) atoms. The number of rotatable bonds is 5. The SMILES string of the molecule is CCOc1ccc(NC(=O)/C(C#N)=C\c2ccc(O)c(Br)c2)cc1. The highest BCUT2D eigenvalue weighted by atomic mass is 79.9. The lowest BCUT2D eigenvalue weighted by atomic mass is 10.1. The van der Waals surface area contributed by atoms with E-state index < -0.39 is 5.91 Å². The quantitative estimate of drug-likeness (QED) is 0.598. The Balaban J connectivity index is 2.15. The highest BCUT2D eigenvalue weighted by Gasteiger charge is 2.10. The number of nitrogens with one attached hydrogen (secondary N) is 1. The Labute approximate surface area is 148 Å². The van der Waals surface area contributed by atoms with Crippen molar-refractivity contribution in [3.8, 4) is 17.6 Å². The molecule has 2 rings (SSSR count). The minimum Gasteiger partial charge on any atom is -0.507 e. The van der Waals surface area contributed by atoms with Crippen LogP contribution < -0.4 is 10.1 Å². The molecule has 0 unspecified atom stereocenters. The number of aromatic hydroxyl groups is 1. The van der Waals surface area contributed by atoms with Crippen molar-refractivity contribution in [3.05, 3.63) is 58.1 Å². The fraction of sp³-hybridized carbons (Fsp3) is 0.111. The van der Waals surface area contributed by atoms with Gasteiger partial charge < -0.3 is 15.2 Å². The summed E-state index contributed by atoms with van der Waals surface area (Å²) in [7, 11) is 0. The topological polar surface area (TPSA) is 82.3 Å². The van der Waals surface area contributed by atoms with Crippen molar-refractivity contribution < 1.29 is 14.6 Å². The molecule has 0 spiro atoms. The molecule has 2 N–H and O–H groups in total. The number of benzene rings is 2. The normalized spacial score (nSPS) is 10.8. The second kappa shape index (κ2) is 8.18. The standard InChI is InChI=1S/C18H15BrN2O3/c1-2-24-15-6-4-14(5-7-15)21-18(23)13(11-20)9-12-3-8-17(22)16(19)10-12/h3-10,22H,2H2,1H3,(H,21,23)/b13-9-. The third-order valence-corrected chi connectivity index (χ3v) is 3.71. The molecule has 5 nitrogen and oxygen atoms in total. The maximum atomic E-state index is 12.2. The molecule has 0 saturated heterocycles. The van der Waals surface area contributed by atoms with Crippen LogP contribution in [-0.4, -0.2) is 17.6 Å². The number of phenols is 1. The summed E-state index contributed by atoms with van der Waals surface area (Å²) in [4.78, 5) is 12.2. The van der Waals surface area contributed by atoms with Gasteiger partial charge in [0.15, 0.2) is 0 Å². The fourth-order valence-electron chi connectivity index (χ4n) is 1.93. The average Bonchev–Trinajstić information content (AvgIpc) is 2.57. The van der Waals surface area contributed by atoms with Crippen molar-refractivity contribution in [1.82, 2.24) is 0 Å². The number of hydrogen-bond donors (Lipinski definition) is 2. The zero-order valence-electron chi connectivity index (χ0n) is 12.9. The minimum absolute atomic E-state index is 0.0403. The molecule has 0 heterocycles. The van der Waals surface area contributed by atoms with Crippen LogP contribution in [0.25, 0.3) is 6.08 Å². The first-order valence-electron chi connectivity index (χ1n) is 7.18. The van der Waals surface area contributed by atoms with Crippen molar-refractivity contribution >= 4 is 33.6 Å². The van der Waals surface area contributed by atoms with Crippen LogP contribution in [0.5, 0.6) is 11.5 Å². The number of ether oxygens (including phenoxy) is 1. The smallest absolute Gasteiger partial charge is 0.266 e. The van der Waals surface area contributed by atoms with E-state index in [2.05, 4.69) is 21.2 Å². The highest BCUT2D eigenvalue weighted by Crippen LogP contribution is 2.25. The monoisotopic (exact) mass is 386 g/mol. The molecule has 0 fully saturated rings. The van der Waals surface area contributed by atoms with Gasteiger partial charge in [0, 0.05) is 5.69 Å². The van der Waals surface area contributed by atoms with Gasteiger partial charge in [0.25, 0.3) is 5.91 Å². The van der Waals surface area contributed by atoms with Crippen LogP contribution >= 0.6 is 15.9 Å². The molecule has 122 valence electrons. The molecule has 0 aromatic heterocycles. The molecule has 0 aliphatic rings. The Bertz CT molecular complexity index is 808. The van der Waals surface area contributed by atoms with E-state index in [0.29, 0.717) is 28.1 Å². The van der Waals surface area contributed by atoms with Crippen molar-refractivity contribution in [2.75, 3.05) is 11.9 Å². The number of carbonyl (C=O) groups is 1. The largest absolute Gasteiger partial charge is 0.507 e. The summed E-state index contributed by atoms with van der Waals surface area (Å²) in [5, 5.41) is 21.4. The highest BCUT2D eigenvalue weighted by molar-refractivity contribution is 9.10.